The van der Waals surface area contributed by atoms with Gasteiger partial charge in [0.15, 0.2) is 5.78 Å². The first kappa shape index (κ1) is 12.1. The lowest BCUT2D eigenvalue weighted by molar-refractivity contribution is -0.124. The van der Waals surface area contributed by atoms with Crippen molar-refractivity contribution in [1.29, 1.82) is 0 Å². The van der Waals surface area contributed by atoms with Crippen LogP contribution in [0.25, 0.3) is 0 Å². The normalized spacial score (nSPS) is 30.5. The van der Waals surface area contributed by atoms with Crippen molar-refractivity contribution in [3.63, 3.8) is 0 Å². The van der Waals surface area contributed by atoms with Gasteiger partial charge < -0.3 is 4.74 Å². The van der Waals surface area contributed by atoms with E-state index in [9.17, 15) is 4.79 Å². The van der Waals surface area contributed by atoms with Gasteiger partial charge in [-0.2, -0.15) is 0 Å². The van der Waals surface area contributed by atoms with Crippen LogP contribution in [0.5, 0.6) is 0 Å². The zero-order chi connectivity index (χ0) is 11.6. The van der Waals surface area contributed by atoms with E-state index in [1.54, 1.807) is 0 Å². The van der Waals surface area contributed by atoms with Gasteiger partial charge in [-0.25, -0.2) is 0 Å². The molecule has 0 radical (unpaired) electrons. The van der Waals surface area contributed by atoms with Crippen LogP contribution >= 0.6 is 0 Å². The molecular weight excluding hydrogens is 202 g/mol. The standard InChI is InChI=1S/C13H23NO2/c1-13(2)4-6-14(7-5-13)9-12(15)11-3-8-16-10-11/h11H,3-10H2,1-2H3. The van der Waals surface area contributed by atoms with E-state index in [2.05, 4.69) is 18.7 Å². The number of ether oxygens (including phenoxy) is 1. The fourth-order valence-electron chi connectivity index (χ4n) is 2.45. The van der Waals surface area contributed by atoms with Gasteiger partial charge in [-0.1, -0.05) is 13.8 Å². The van der Waals surface area contributed by atoms with Crippen LogP contribution in [0.4, 0.5) is 0 Å². The number of nitrogens with zero attached hydrogens (tertiary/aromatic N) is 1. The molecule has 0 spiro atoms. The number of piperidine rings is 1. The van der Waals surface area contributed by atoms with Crippen molar-refractivity contribution < 1.29 is 9.53 Å². The Hall–Kier alpha value is -0.410. The molecule has 2 aliphatic rings. The van der Waals surface area contributed by atoms with Crippen molar-refractivity contribution in [2.24, 2.45) is 11.3 Å². The summed E-state index contributed by atoms with van der Waals surface area (Å²) in [6.07, 6.45) is 3.35. The highest BCUT2D eigenvalue weighted by Gasteiger charge is 2.29. The molecule has 1 unspecified atom stereocenters. The van der Waals surface area contributed by atoms with Gasteiger partial charge in [0.05, 0.1) is 13.2 Å². The average Bonchev–Trinajstić information content (AvgIpc) is 2.74. The number of hydrogen-bond donors (Lipinski definition) is 0. The van der Waals surface area contributed by atoms with Gasteiger partial charge in [0.1, 0.15) is 0 Å². The van der Waals surface area contributed by atoms with E-state index in [-0.39, 0.29) is 5.92 Å². The quantitative estimate of drug-likeness (QED) is 0.732. The highest BCUT2D eigenvalue weighted by atomic mass is 16.5. The van der Waals surface area contributed by atoms with Crippen molar-refractivity contribution in [3.05, 3.63) is 0 Å². The molecule has 0 N–H and O–H groups in total. The second-order valence-corrected chi connectivity index (χ2v) is 5.97. The maximum Gasteiger partial charge on any atom is 0.152 e. The fourth-order valence-corrected chi connectivity index (χ4v) is 2.45. The maximum absolute atomic E-state index is 12.0. The lowest BCUT2D eigenvalue weighted by atomic mass is 9.82. The highest BCUT2D eigenvalue weighted by Crippen LogP contribution is 2.29. The molecule has 3 heteroatoms. The molecule has 0 bridgehead atoms. The Morgan fingerprint density at radius 3 is 2.62 bits per heavy atom. The summed E-state index contributed by atoms with van der Waals surface area (Å²) in [5.74, 6) is 0.562. The summed E-state index contributed by atoms with van der Waals surface area (Å²) < 4.78 is 5.26. The van der Waals surface area contributed by atoms with Gasteiger partial charge in [-0.3, -0.25) is 9.69 Å². The van der Waals surface area contributed by atoms with Gasteiger partial charge in [-0.05, 0) is 37.8 Å². The van der Waals surface area contributed by atoms with Crippen LogP contribution in [0.2, 0.25) is 0 Å². The molecule has 2 aliphatic heterocycles. The third-order valence-electron chi connectivity index (χ3n) is 3.97. The number of ketones is 1. The third-order valence-corrected chi connectivity index (χ3v) is 3.97. The predicted octanol–water partition coefficient (Wildman–Crippen LogP) is 1.71. The smallest absolute Gasteiger partial charge is 0.152 e. The average molecular weight is 225 g/mol. The number of hydrogen-bond acceptors (Lipinski definition) is 3. The molecule has 92 valence electrons. The number of rotatable bonds is 3. The molecular formula is C13H23NO2. The fraction of sp³-hybridized carbons (Fsp3) is 0.923. The highest BCUT2D eigenvalue weighted by molar-refractivity contribution is 5.83. The van der Waals surface area contributed by atoms with Crippen LogP contribution in [0, 0.1) is 11.3 Å². The van der Waals surface area contributed by atoms with Crippen molar-refractivity contribution in [3.8, 4) is 0 Å². The van der Waals surface area contributed by atoms with Gasteiger partial charge >= 0.3 is 0 Å². The van der Waals surface area contributed by atoms with Crippen molar-refractivity contribution in [2.45, 2.75) is 33.1 Å². The first-order chi connectivity index (χ1) is 7.57. The summed E-state index contributed by atoms with van der Waals surface area (Å²) in [4.78, 5) is 14.3. The number of Topliss-reactive ketones (excluding diaryl/α,β-unsaturated/α-hetero) is 1. The molecule has 2 heterocycles. The first-order valence-corrected chi connectivity index (χ1v) is 6.40. The molecule has 1 atom stereocenters. The van der Waals surface area contributed by atoms with Crippen molar-refractivity contribution in [1.82, 2.24) is 4.90 Å². The van der Waals surface area contributed by atoms with E-state index in [1.165, 1.54) is 12.8 Å². The van der Waals surface area contributed by atoms with E-state index in [0.717, 1.165) is 26.1 Å². The Balaban J connectivity index is 1.76. The Kier molecular flexibility index (Phi) is 3.65. The summed E-state index contributed by atoms with van der Waals surface area (Å²) in [7, 11) is 0. The molecule has 0 amide bonds. The topological polar surface area (TPSA) is 29.5 Å². The Morgan fingerprint density at radius 2 is 2.06 bits per heavy atom. The Morgan fingerprint density at radius 1 is 1.38 bits per heavy atom. The molecule has 0 aromatic carbocycles. The zero-order valence-electron chi connectivity index (χ0n) is 10.5. The summed E-state index contributed by atoms with van der Waals surface area (Å²) >= 11 is 0. The largest absolute Gasteiger partial charge is 0.381 e. The van der Waals surface area contributed by atoms with Crippen molar-refractivity contribution >= 4 is 5.78 Å². The lowest BCUT2D eigenvalue weighted by Gasteiger charge is -2.36. The van der Waals surface area contributed by atoms with Crippen LogP contribution in [0.3, 0.4) is 0 Å². The number of carbonyl (C=O) groups excluding carboxylic acids is 1. The van der Waals surface area contributed by atoms with Gasteiger partial charge in [0, 0.05) is 12.5 Å². The summed E-state index contributed by atoms with van der Waals surface area (Å²) in [6, 6.07) is 0. The lowest BCUT2D eigenvalue weighted by Crippen LogP contribution is -2.41. The molecule has 0 aromatic rings. The van der Waals surface area contributed by atoms with E-state index in [4.69, 9.17) is 4.74 Å². The third kappa shape index (κ3) is 3.05. The van der Waals surface area contributed by atoms with Crippen LogP contribution in [-0.4, -0.2) is 43.5 Å². The van der Waals surface area contributed by atoms with Crippen LogP contribution in [-0.2, 0) is 9.53 Å². The Bertz CT molecular complexity index is 247. The molecule has 0 saturated carbocycles. The second-order valence-electron chi connectivity index (χ2n) is 5.97. The monoisotopic (exact) mass is 225 g/mol. The van der Waals surface area contributed by atoms with E-state index >= 15 is 0 Å². The minimum atomic E-state index is 0.176. The van der Waals surface area contributed by atoms with E-state index in [1.807, 2.05) is 0 Å². The summed E-state index contributed by atoms with van der Waals surface area (Å²) in [5, 5.41) is 0. The van der Waals surface area contributed by atoms with E-state index < -0.39 is 0 Å². The van der Waals surface area contributed by atoms with Crippen LogP contribution < -0.4 is 0 Å². The number of likely N-dealkylation sites (tertiary alicyclic amines) is 1. The molecule has 2 saturated heterocycles. The minimum Gasteiger partial charge on any atom is -0.381 e. The molecule has 2 rings (SSSR count). The molecule has 0 aromatic heterocycles. The minimum absolute atomic E-state index is 0.176. The predicted molar refractivity (Wildman–Crippen MR) is 63.4 cm³/mol. The van der Waals surface area contributed by atoms with Crippen LogP contribution in [0.15, 0.2) is 0 Å². The number of carbonyl (C=O) groups is 1. The molecule has 0 aliphatic carbocycles. The van der Waals surface area contributed by atoms with E-state index in [0.29, 0.717) is 24.3 Å². The summed E-state index contributed by atoms with van der Waals surface area (Å²) in [5.41, 5.74) is 0.468. The second kappa shape index (κ2) is 4.84. The molecule has 16 heavy (non-hydrogen) atoms. The Labute approximate surface area is 98.1 Å². The molecule has 2 fully saturated rings. The van der Waals surface area contributed by atoms with Gasteiger partial charge in [0.2, 0.25) is 0 Å². The van der Waals surface area contributed by atoms with Crippen LogP contribution in [0.1, 0.15) is 33.1 Å². The summed E-state index contributed by atoms with van der Waals surface area (Å²) in [6.45, 7) is 8.85. The molecule has 3 nitrogen and oxygen atoms in total. The first-order valence-electron chi connectivity index (χ1n) is 6.40. The maximum atomic E-state index is 12.0. The zero-order valence-corrected chi connectivity index (χ0v) is 10.5. The SMILES string of the molecule is CC1(C)CCN(CC(=O)C2CCOC2)CC1. The van der Waals surface area contributed by atoms with Gasteiger partial charge in [0.25, 0.3) is 0 Å². The van der Waals surface area contributed by atoms with Crippen molar-refractivity contribution in [2.75, 3.05) is 32.8 Å². The van der Waals surface area contributed by atoms with Gasteiger partial charge in [-0.15, -0.1) is 0 Å².